The summed E-state index contributed by atoms with van der Waals surface area (Å²) in [5.41, 5.74) is 0. The lowest BCUT2D eigenvalue weighted by atomic mass is 10.2. The van der Waals surface area contributed by atoms with Crippen LogP contribution < -0.4 is 0 Å². The zero-order chi connectivity index (χ0) is 7.40. The van der Waals surface area contributed by atoms with Gasteiger partial charge in [-0.1, -0.05) is 6.08 Å². The van der Waals surface area contributed by atoms with E-state index in [9.17, 15) is 4.79 Å². The molecule has 3 heteroatoms. The lowest BCUT2D eigenvalue weighted by Crippen LogP contribution is -2.34. The third-order valence-corrected chi connectivity index (χ3v) is 1.51. The molecule has 0 aromatic carbocycles. The van der Waals surface area contributed by atoms with E-state index in [0.717, 1.165) is 13.0 Å². The summed E-state index contributed by atoms with van der Waals surface area (Å²) in [7, 11) is 0. The van der Waals surface area contributed by atoms with Gasteiger partial charge in [0, 0.05) is 13.1 Å². The van der Waals surface area contributed by atoms with E-state index in [4.69, 9.17) is 5.11 Å². The minimum absolute atomic E-state index is 0.0142. The van der Waals surface area contributed by atoms with E-state index in [-0.39, 0.29) is 12.5 Å². The lowest BCUT2D eigenvalue weighted by molar-refractivity contribution is -0.127. The molecule has 1 amide bonds. The van der Waals surface area contributed by atoms with Crippen molar-refractivity contribution in [3.05, 3.63) is 12.2 Å². The molecule has 10 heavy (non-hydrogen) atoms. The number of carbonyl (C=O) groups is 1. The van der Waals surface area contributed by atoms with Crippen molar-refractivity contribution in [2.45, 2.75) is 6.42 Å². The van der Waals surface area contributed by atoms with Crippen LogP contribution in [-0.4, -0.2) is 35.6 Å². The molecule has 0 bridgehead atoms. The van der Waals surface area contributed by atoms with E-state index in [1.54, 1.807) is 11.0 Å². The Bertz CT molecular complexity index is 154. The highest BCUT2D eigenvalue weighted by molar-refractivity contribution is 5.88. The number of rotatable bonds is 2. The predicted octanol–water partition coefficient (Wildman–Crippen LogP) is -0.233. The van der Waals surface area contributed by atoms with Gasteiger partial charge in [-0.25, -0.2) is 0 Å². The molecule has 0 fully saturated rings. The Morgan fingerprint density at radius 1 is 1.70 bits per heavy atom. The number of β-amino-alcohol motifs (C(OH)–C–C–N with tert-alkyl or cyclic N) is 1. The van der Waals surface area contributed by atoms with Crippen molar-refractivity contribution in [3.8, 4) is 0 Å². The van der Waals surface area contributed by atoms with Crippen LogP contribution in [0, 0.1) is 0 Å². The summed E-state index contributed by atoms with van der Waals surface area (Å²) in [6.45, 7) is 1.26. The first-order valence-electron chi connectivity index (χ1n) is 3.41. The first kappa shape index (κ1) is 7.28. The van der Waals surface area contributed by atoms with Gasteiger partial charge in [0.15, 0.2) is 0 Å². The number of amides is 1. The normalized spacial score (nSPS) is 18.1. The monoisotopic (exact) mass is 141 g/mol. The maximum absolute atomic E-state index is 10.9. The molecule has 3 nitrogen and oxygen atoms in total. The summed E-state index contributed by atoms with van der Waals surface area (Å²) in [5, 5.41) is 8.52. The Morgan fingerprint density at radius 3 is 3.10 bits per heavy atom. The average Bonchev–Trinajstić information content (AvgIpc) is 1.94. The van der Waals surface area contributed by atoms with Gasteiger partial charge in [-0.15, -0.1) is 0 Å². The van der Waals surface area contributed by atoms with E-state index in [1.165, 1.54) is 0 Å². The molecule has 0 saturated carbocycles. The fraction of sp³-hybridized carbons (Fsp3) is 0.571. The largest absolute Gasteiger partial charge is 0.395 e. The number of aliphatic hydroxyl groups excluding tert-OH is 1. The zero-order valence-corrected chi connectivity index (χ0v) is 5.79. The molecule has 1 heterocycles. The van der Waals surface area contributed by atoms with Crippen LogP contribution in [0.5, 0.6) is 0 Å². The van der Waals surface area contributed by atoms with E-state index in [2.05, 4.69) is 0 Å². The predicted molar refractivity (Wildman–Crippen MR) is 37.4 cm³/mol. The number of hydrogen-bond acceptors (Lipinski definition) is 2. The topological polar surface area (TPSA) is 40.5 Å². The Balaban J connectivity index is 2.44. The summed E-state index contributed by atoms with van der Waals surface area (Å²) < 4.78 is 0. The first-order chi connectivity index (χ1) is 4.84. The van der Waals surface area contributed by atoms with Crippen LogP contribution in [0.4, 0.5) is 0 Å². The third kappa shape index (κ3) is 1.57. The van der Waals surface area contributed by atoms with Gasteiger partial charge in [-0.2, -0.15) is 0 Å². The molecule has 0 aromatic heterocycles. The van der Waals surface area contributed by atoms with E-state index < -0.39 is 0 Å². The van der Waals surface area contributed by atoms with Crippen LogP contribution in [0.2, 0.25) is 0 Å². The molecule has 1 N–H and O–H groups in total. The molecule has 0 atom stereocenters. The van der Waals surface area contributed by atoms with Gasteiger partial charge in [0.05, 0.1) is 6.61 Å². The van der Waals surface area contributed by atoms with Crippen LogP contribution in [0.15, 0.2) is 12.2 Å². The van der Waals surface area contributed by atoms with Crippen molar-refractivity contribution in [1.82, 2.24) is 4.90 Å². The highest BCUT2D eigenvalue weighted by Gasteiger charge is 2.11. The van der Waals surface area contributed by atoms with Gasteiger partial charge in [0.25, 0.3) is 0 Å². The standard InChI is InChI=1S/C7H11NO2/c9-6-5-8-4-2-1-3-7(8)10/h1,3,9H,2,4-6H2. The Morgan fingerprint density at radius 2 is 2.50 bits per heavy atom. The smallest absolute Gasteiger partial charge is 0.246 e. The quantitative estimate of drug-likeness (QED) is 0.577. The minimum Gasteiger partial charge on any atom is -0.395 e. The highest BCUT2D eigenvalue weighted by atomic mass is 16.3. The lowest BCUT2D eigenvalue weighted by Gasteiger charge is -2.21. The molecular weight excluding hydrogens is 130 g/mol. The molecule has 56 valence electrons. The summed E-state index contributed by atoms with van der Waals surface area (Å²) in [6.07, 6.45) is 4.32. The van der Waals surface area contributed by atoms with E-state index in [0.29, 0.717) is 6.54 Å². The molecule has 0 saturated heterocycles. The molecule has 0 unspecified atom stereocenters. The van der Waals surface area contributed by atoms with Crippen molar-refractivity contribution in [2.75, 3.05) is 19.7 Å². The second-order valence-electron chi connectivity index (χ2n) is 2.24. The maximum atomic E-state index is 10.9. The second-order valence-corrected chi connectivity index (χ2v) is 2.24. The fourth-order valence-corrected chi connectivity index (χ4v) is 0.973. The van der Waals surface area contributed by atoms with Gasteiger partial charge >= 0.3 is 0 Å². The van der Waals surface area contributed by atoms with Gasteiger partial charge in [-0.3, -0.25) is 4.79 Å². The Hall–Kier alpha value is -0.830. The fourth-order valence-electron chi connectivity index (χ4n) is 0.973. The van der Waals surface area contributed by atoms with Crippen LogP contribution in [0.1, 0.15) is 6.42 Å². The van der Waals surface area contributed by atoms with Crippen molar-refractivity contribution >= 4 is 5.91 Å². The molecule has 1 rings (SSSR count). The van der Waals surface area contributed by atoms with Gasteiger partial charge in [0.1, 0.15) is 0 Å². The third-order valence-electron chi connectivity index (χ3n) is 1.51. The van der Waals surface area contributed by atoms with E-state index in [1.807, 2.05) is 6.08 Å². The first-order valence-corrected chi connectivity index (χ1v) is 3.41. The Kier molecular flexibility index (Phi) is 2.45. The average molecular weight is 141 g/mol. The van der Waals surface area contributed by atoms with E-state index >= 15 is 0 Å². The van der Waals surface area contributed by atoms with Gasteiger partial charge in [-0.05, 0) is 12.5 Å². The summed E-state index contributed by atoms with van der Waals surface area (Å²) >= 11 is 0. The van der Waals surface area contributed by atoms with Crippen molar-refractivity contribution < 1.29 is 9.90 Å². The molecule has 0 spiro atoms. The molecule has 1 aliphatic rings. The number of nitrogens with zero attached hydrogens (tertiary/aromatic N) is 1. The number of hydrogen-bond donors (Lipinski definition) is 1. The van der Waals surface area contributed by atoms with Crippen molar-refractivity contribution in [2.24, 2.45) is 0 Å². The van der Waals surface area contributed by atoms with Gasteiger partial charge < -0.3 is 10.0 Å². The molecule has 0 aliphatic carbocycles. The number of carbonyl (C=O) groups excluding carboxylic acids is 1. The van der Waals surface area contributed by atoms with Crippen molar-refractivity contribution in [1.29, 1.82) is 0 Å². The van der Waals surface area contributed by atoms with Gasteiger partial charge in [0.2, 0.25) is 5.91 Å². The maximum Gasteiger partial charge on any atom is 0.246 e. The second kappa shape index (κ2) is 3.37. The molecule has 0 aromatic rings. The molecule has 0 radical (unpaired) electrons. The van der Waals surface area contributed by atoms with Crippen LogP contribution >= 0.6 is 0 Å². The highest BCUT2D eigenvalue weighted by Crippen LogP contribution is 2.00. The SMILES string of the molecule is O=C1C=CCCN1CCO. The zero-order valence-electron chi connectivity index (χ0n) is 5.79. The summed E-state index contributed by atoms with van der Waals surface area (Å²) in [5.74, 6) is 0.0142. The van der Waals surface area contributed by atoms with Crippen molar-refractivity contribution in [3.63, 3.8) is 0 Å². The number of aliphatic hydroxyl groups is 1. The van der Waals surface area contributed by atoms with Crippen LogP contribution in [0.3, 0.4) is 0 Å². The minimum atomic E-state index is 0.0142. The summed E-state index contributed by atoms with van der Waals surface area (Å²) in [6, 6.07) is 0. The molecule has 1 aliphatic heterocycles. The Labute approximate surface area is 59.9 Å². The molecular formula is C7H11NO2. The summed E-state index contributed by atoms with van der Waals surface area (Å²) in [4.78, 5) is 12.6. The van der Waals surface area contributed by atoms with Crippen LogP contribution in [-0.2, 0) is 4.79 Å². The van der Waals surface area contributed by atoms with Crippen LogP contribution in [0.25, 0.3) is 0 Å².